The van der Waals surface area contributed by atoms with Gasteiger partial charge in [-0.2, -0.15) is 11.8 Å². The van der Waals surface area contributed by atoms with Crippen LogP contribution in [0.2, 0.25) is 0 Å². The average Bonchev–Trinajstić information content (AvgIpc) is 2.33. The molecule has 18 heavy (non-hydrogen) atoms. The molecule has 0 aromatic rings. The van der Waals surface area contributed by atoms with E-state index in [9.17, 15) is 9.59 Å². The van der Waals surface area contributed by atoms with Crippen molar-refractivity contribution in [3.05, 3.63) is 0 Å². The zero-order chi connectivity index (χ0) is 13.8. The molecule has 0 saturated heterocycles. The smallest absolute Gasteiger partial charge is 0.332 e. The summed E-state index contributed by atoms with van der Waals surface area (Å²) >= 11 is 1.81. The number of nitrogens with one attached hydrogen (secondary N) is 2. The van der Waals surface area contributed by atoms with Crippen LogP contribution in [-0.2, 0) is 4.79 Å². The third kappa shape index (κ3) is 10.2. The summed E-state index contributed by atoms with van der Waals surface area (Å²) in [5, 5.41) is 22.5. The van der Waals surface area contributed by atoms with Gasteiger partial charge in [-0.1, -0.05) is 6.42 Å². The highest BCUT2D eigenvalue weighted by Crippen LogP contribution is 2.01. The van der Waals surface area contributed by atoms with Crippen molar-refractivity contribution in [1.29, 1.82) is 0 Å². The van der Waals surface area contributed by atoms with Gasteiger partial charge < -0.3 is 20.8 Å². The summed E-state index contributed by atoms with van der Waals surface area (Å²) in [5.74, 6) is -0.134. The molecule has 0 aliphatic rings. The van der Waals surface area contributed by atoms with Gasteiger partial charge in [0, 0.05) is 19.5 Å². The van der Waals surface area contributed by atoms with E-state index in [2.05, 4.69) is 16.9 Å². The van der Waals surface area contributed by atoms with Gasteiger partial charge in [-0.3, -0.25) is 0 Å². The van der Waals surface area contributed by atoms with E-state index >= 15 is 0 Å². The summed E-state index contributed by atoms with van der Waals surface area (Å²) in [5.41, 5.74) is 0. The molecule has 0 saturated carbocycles. The number of carboxylic acid groups (broad SMARTS) is 1. The molecule has 0 radical (unpaired) electrons. The van der Waals surface area contributed by atoms with E-state index in [4.69, 9.17) is 10.2 Å². The van der Waals surface area contributed by atoms with E-state index in [1.165, 1.54) is 0 Å². The molecule has 0 fully saturated rings. The first-order valence-electron chi connectivity index (χ1n) is 5.99. The lowest BCUT2D eigenvalue weighted by Crippen LogP contribution is -2.38. The number of unbranched alkanes of at least 4 members (excludes halogenated alkanes) is 2. The number of amides is 2. The molecular formula is C11H22N2O4S. The lowest BCUT2D eigenvalue weighted by Gasteiger charge is -2.08. The number of hydrogen-bond acceptors (Lipinski definition) is 4. The molecule has 106 valence electrons. The first-order valence-corrected chi connectivity index (χ1v) is 7.38. The number of hydrogen-bond donors (Lipinski definition) is 4. The summed E-state index contributed by atoms with van der Waals surface area (Å²) in [6, 6.07) is -0.322. The largest absolute Gasteiger partial charge is 0.479 e. The summed E-state index contributed by atoms with van der Waals surface area (Å²) in [7, 11) is 0. The zero-order valence-corrected chi connectivity index (χ0v) is 11.5. The van der Waals surface area contributed by atoms with Gasteiger partial charge >= 0.3 is 12.0 Å². The fraction of sp³-hybridized carbons (Fsp3) is 0.818. The Morgan fingerprint density at radius 2 is 1.83 bits per heavy atom. The van der Waals surface area contributed by atoms with Crippen LogP contribution in [0, 0.1) is 0 Å². The molecule has 6 nitrogen and oxygen atoms in total. The predicted molar refractivity (Wildman–Crippen MR) is 71.9 cm³/mol. The lowest BCUT2D eigenvalue weighted by atomic mass is 10.2. The van der Waals surface area contributed by atoms with Crippen LogP contribution in [0.3, 0.4) is 0 Å². The van der Waals surface area contributed by atoms with Gasteiger partial charge in [0.05, 0.1) is 0 Å². The number of carbonyl (C=O) groups is 2. The number of carbonyl (C=O) groups excluding carboxylic acids is 1. The van der Waals surface area contributed by atoms with Crippen LogP contribution in [0.25, 0.3) is 0 Å². The van der Waals surface area contributed by atoms with E-state index in [0.717, 1.165) is 25.0 Å². The number of thioether (sulfide) groups is 1. The van der Waals surface area contributed by atoms with E-state index < -0.39 is 12.1 Å². The van der Waals surface area contributed by atoms with Crippen LogP contribution in [0.4, 0.5) is 4.79 Å². The average molecular weight is 278 g/mol. The second-order valence-electron chi connectivity index (χ2n) is 3.88. The molecular weight excluding hydrogens is 256 g/mol. The molecule has 0 heterocycles. The van der Waals surface area contributed by atoms with E-state index in [0.29, 0.717) is 6.54 Å². The Kier molecular flexibility index (Phi) is 10.6. The van der Waals surface area contributed by atoms with Crippen LogP contribution in [-0.4, -0.2) is 53.4 Å². The maximum atomic E-state index is 11.2. The van der Waals surface area contributed by atoms with Gasteiger partial charge in [0.25, 0.3) is 0 Å². The second kappa shape index (κ2) is 11.2. The predicted octanol–water partition coefficient (Wildman–Crippen LogP) is 0.654. The number of rotatable bonds is 10. The molecule has 0 unspecified atom stereocenters. The highest BCUT2D eigenvalue weighted by atomic mass is 32.2. The van der Waals surface area contributed by atoms with Gasteiger partial charge in [-0.25, -0.2) is 9.59 Å². The third-order valence-electron chi connectivity index (χ3n) is 2.30. The molecule has 2 amide bonds. The van der Waals surface area contributed by atoms with Crippen molar-refractivity contribution in [2.45, 2.75) is 31.8 Å². The van der Waals surface area contributed by atoms with Crippen molar-refractivity contribution in [2.75, 3.05) is 25.1 Å². The SMILES string of the molecule is CSCCCCCNC(=O)NCC[C@H](O)C(=O)O. The minimum Gasteiger partial charge on any atom is -0.479 e. The van der Waals surface area contributed by atoms with Crippen molar-refractivity contribution in [3.8, 4) is 0 Å². The molecule has 0 bridgehead atoms. The molecule has 0 aromatic heterocycles. The van der Waals surface area contributed by atoms with Gasteiger partial charge in [0.15, 0.2) is 6.10 Å². The Bertz CT molecular complexity index is 251. The first kappa shape index (κ1) is 17.1. The van der Waals surface area contributed by atoms with Gasteiger partial charge in [-0.15, -0.1) is 0 Å². The fourth-order valence-corrected chi connectivity index (χ4v) is 1.75. The second-order valence-corrected chi connectivity index (χ2v) is 4.86. The summed E-state index contributed by atoms with van der Waals surface area (Å²) in [6.07, 6.45) is 3.82. The molecule has 1 atom stereocenters. The molecule has 0 rings (SSSR count). The topological polar surface area (TPSA) is 98.7 Å². The van der Waals surface area contributed by atoms with Crippen LogP contribution < -0.4 is 10.6 Å². The molecule has 0 aromatic carbocycles. The molecule has 7 heteroatoms. The number of urea groups is 1. The normalized spacial score (nSPS) is 11.9. The minimum absolute atomic E-state index is 0.0104. The van der Waals surface area contributed by atoms with Gasteiger partial charge in [0.2, 0.25) is 0 Å². The molecule has 0 spiro atoms. The highest BCUT2D eigenvalue weighted by Gasteiger charge is 2.12. The standard InChI is InChI=1S/C11H22N2O4S/c1-18-8-4-2-3-6-12-11(17)13-7-5-9(14)10(15)16/h9,14H,2-8H2,1H3,(H,15,16)(H2,12,13,17)/t9-/m0/s1. The Morgan fingerprint density at radius 3 is 2.44 bits per heavy atom. The highest BCUT2D eigenvalue weighted by molar-refractivity contribution is 7.98. The Hall–Kier alpha value is -0.950. The van der Waals surface area contributed by atoms with E-state index in [1.54, 1.807) is 0 Å². The van der Waals surface area contributed by atoms with Crippen molar-refractivity contribution < 1.29 is 19.8 Å². The van der Waals surface area contributed by atoms with E-state index in [1.807, 2.05) is 11.8 Å². The maximum absolute atomic E-state index is 11.2. The number of aliphatic hydroxyl groups excluding tert-OH is 1. The third-order valence-corrected chi connectivity index (χ3v) is 3.00. The monoisotopic (exact) mass is 278 g/mol. The Balaban J connectivity index is 3.35. The Morgan fingerprint density at radius 1 is 1.17 bits per heavy atom. The van der Waals surface area contributed by atoms with Crippen molar-refractivity contribution in [1.82, 2.24) is 10.6 Å². The van der Waals surface area contributed by atoms with Crippen molar-refractivity contribution in [3.63, 3.8) is 0 Å². The number of carboxylic acids is 1. The Labute approximate surface area is 112 Å². The van der Waals surface area contributed by atoms with Crippen molar-refractivity contribution >= 4 is 23.8 Å². The summed E-state index contributed by atoms with van der Waals surface area (Å²) < 4.78 is 0. The van der Waals surface area contributed by atoms with Crippen LogP contribution >= 0.6 is 11.8 Å². The van der Waals surface area contributed by atoms with Crippen LogP contribution in [0.15, 0.2) is 0 Å². The summed E-state index contributed by atoms with van der Waals surface area (Å²) in [6.45, 7) is 0.757. The van der Waals surface area contributed by atoms with Crippen molar-refractivity contribution in [2.24, 2.45) is 0 Å². The number of aliphatic hydroxyl groups is 1. The quantitative estimate of drug-likeness (QED) is 0.440. The zero-order valence-electron chi connectivity index (χ0n) is 10.6. The molecule has 0 aliphatic heterocycles. The lowest BCUT2D eigenvalue weighted by molar-refractivity contribution is -0.146. The molecule has 4 N–H and O–H groups in total. The number of aliphatic carboxylic acids is 1. The summed E-state index contributed by atoms with van der Waals surface area (Å²) in [4.78, 5) is 21.5. The minimum atomic E-state index is -1.42. The van der Waals surface area contributed by atoms with Gasteiger partial charge in [0.1, 0.15) is 0 Å². The van der Waals surface area contributed by atoms with Gasteiger partial charge in [-0.05, 0) is 24.9 Å². The molecule has 0 aliphatic carbocycles. The maximum Gasteiger partial charge on any atom is 0.332 e. The van der Waals surface area contributed by atoms with Crippen LogP contribution in [0.5, 0.6) is 0 Å². The first-order chi connectivity index (χ1) is 8.57. The van der Waals surface area contributed by atoms with Crippen LogP contribution in [0.1, 0.15) is 25.7 Å². The fourth-order valence-electron chi connectivity index (χ4n) is 1.26. The van der Waals surface area contributed by atoms with E-state index in [-0.39, 0.29) is 19.0 Å².